The summed E-state index contributed by atoms with van der Waals surface area (Å²) < 4.78 is 22.4. The van der Waals surface area contributed by atoms with Crippen molar-refractivity contribution in [1.82, 2.24) is 14.8 Å². The van der Waals surface area contributed by atoms with Gasteiger partial charge in [0, 0.05) is 55.2 Å². The van der Waals surface area contributed by atoms with Crippen LogP contribution in [0.2, 0.25) is 5.02 Å². The molecule has 7 heteroatoms. The fraction of sp³-hybridized carbons (Fsp3) is 0.483. The van der Waals surface area contributed by atoms with Crippen molar-refractivity contribution in [2.45, 2.75) is 77.1 Å². The molecule has 2 heterocycles. The fourth-order valence-corrected chi connectivity index (χ4v) is 6.08. The SMILES string of the molecule is CC(=O)NC(C)Cn1c(-c2ccc(F)c(Cl)c2)cc2cc(OC3CCN(C4CCCC4)CC3)ccc21. The second kappa shape index (κ2) is 10.8. The summed E-state index contributed by atoms with van der Waals surface area (Å²) in [6, 6.07) is 13.8. The first-order valence-corrected chi connectivity index (χ1v) is 13.5. The van der Waals surface area contributed by atoms with Gasteiger partial charge < -0.3 is 19.5 Å². The highest BCUT2D eigenvalue weighted by atomic mass is 35.5. The van der Waals surface area contributed by atoms with E-state index >= 15 is 0 Å². The Labute approximate surface area is 217 Å². The predicted molar refractivity (Wildman–Crippen MR) is 143 cm³/mol. The Bertz CT molecular complexity index is 1230. The third kappa shape index (κ3) is 5.55. The van der Waals surface area contributed by atoms with Gasteiger partial charge in [0.15, 0.2) is 0 Å². The summed E-state index contributed by atoms with van der Waals surface area (Å²) in [5.74, 6) is 0.363. The molecule has 0 bridgehead atoms. The molecule has 1 N–H and O–H groups in total. The van der Waals surface area contributed by atoms with E-state index < -0.39 is 5.82 Å². The topological polar surface area (TPSA) is 46.5 Å². The van der Waals surface area contributed by atoms with E-state index in [1.54, 1.807) is 12.1 Å². The van der Waals surface area contributed by atoms with Gasteiger partial charge in [-0.15, -0.1) is 0 Å². The van der Waals surface area contributed by atoms with Crippen molar-refractivity contribution in [3.8, 4) is 17.0 Å². The van der Waals surface area contributed by atoms with E-state index in [0.29, 0.717) is 6.54 Å². The first-order chi connectivity index (χ1) is 17.4. The molecule has 0 radical (unpaired) electrons. The molecule has 192 valence electrons. The van der Waals surface area contributed by atoms with Gasteiger partial charge in [-0.2, -0.15) is 0 Å². The highest BCUT2D eigenvalue weighted by molar-refractivity contribution is 6.31. The van der Waals surface area contributed by atoms with Gasteiger partial charge in [0.2, 0.25) is 5.91 Å². The number of piperidine rings is 1. The number of halogens is 2. The number of carbonyl (C=O) groups is 1. The Morgan fingerprint density at radius 3 is 2.56 bits per heavy atom. The van der Waals surface area contributed by atoms with Gasteiger partial charge in [-0.05, 0) is 80.6 Å². The predicted octanol–water partition coefficient (Wildman–Crippen LogP) is 6.41. The average Bonchev–Trinajstić information content (AvgIpc) is 3.50. The zero-order valence-electron chi connectivity index (χ0n) is 21.1. The molecule has 5 rings (SSSR count). The molecule has 1 atom stereocenters. The zero-order chi connectivity index (χ0) is 25.2. The number of carbonyl (C=O) groups excluding carboxylic acids is 1. The third-order valence-electron chi connectivity index (χ3n) is 7.61. The number of ether oxygens (including phenoxy) is 1. The summed E-state index contributed by atoms with van der Waals surface area (Å²) in [5.41, 5.74) is 2.78. The minimum atomic E-state index is -0.440. The molecule has 2 aromatic carbocycles. The van der Waals surface area contributed by atoms with E-state index in [0.717, 1.165) is 59.9 Å². The minimum Gasteiger partial charge on any atom is -0.490 e. The maximum absolute atomic E-state index is 13.9. The molecule has 1 aliphatic heterocycles. The molecular weight excluding hydrogens is 477 g/mol. The van der Waals surface area contributed by atoms with Crippen LogP contribution in [0.1, 0.15) is 52.4 Å². The number of rotatable bonds is 7. The zero-order valence-corrected chi connectivity index (χ0v) is 21.9. The Morgan fingerprint density at radius 2 is 1.86 bits per heavy atom. The van der Waals surface area contributed by atoms with Gasteiger partial charge in [-0.3, -0.25) is 4.79 Å². The lowest BCUT2D eigenvalue weighted by molar-refractivity contribution is -0.119. The van der Waals surface area contributed by atoms with Gasteiger partial charge in [0.1, 0.15) is 17.7 Å². The van der Waals surface area contributed by atoms with E-state index in [-0.39, 0.29) is 23.1 Å². The number of hydrogen-bond donors (Lipinski definition) is 1. The van der Waals surface area contributed by atoms with E-state index in [2.05, 4.69) is 33.0 Å². The van der Waals surface area contributed by atoms with Gasteiger partial charge in [-0.1, -0.05) is 24.4 Å². The Morgan fingerprint density at radius 1 is 1.11 bits per heavy atom. The van der Waals surface area contributed by atoms with Crippen molar-refractivity contribution in [2.24, 2.45) is 0 Å². The molecule has 1 amide bonds. The van der Waals surface area contributed by atoms with E-state index in [1.165, 1.54) is 38.7 Å². The number of likely N-dealkylation sites (tertiary alicyclic amines) is 1. The van der Waals surface area contributed by atoms with Crippen molar-refractivity contribution in [1.29, 1.82) is 0 Å². The highest BCUT2D eigenvalue weighted by Gasteiger charge is 2.28. The molecule has 1 saturated carbocycles. The normalized spacial score (nSPS) is 18.6. The summed E-state index contributed by atoms with van der Waals surface area (Å²) >= 11 is 6.11. The first kappa shape index (κ1) is 25.1. The summed E-state index contributed by atoms with van der Waals surface area (Å²) in [6.07, 6.45) is 7.79. The van der Waals surface area contributed by atoms with Crippen LogP contribution in [0.3, 0.4) is 0 Å². The highest BCUT2D eigenvalue weighted by Crippen LogP contribution is 2.34. The third-order valence-corrected chi connectivity index (χ3v) is 7.90. The van der Waals surface area contributed by atoms with Crippen LogP contribution in [-0.4, -0.2) is 46.7 Å². The molecule has 1 saturated heterocycles. The van der Waals surface area contributed by atoms with Crippen LogP contribution < -0.4 is 10.1 Å². The Hall–Kier alpha value is -2.57. The molecule has 5 nitrogen and oxygen atoms in total. The van der Waals surface area contributed by atoms with E-state index in [4.69, 9.17) is 16.3 Å². The number of fused-ring (bicyclic) bond motifs is 1. The lowest BCUT2D eigenvalue weighted by atomic mass is 10.0. The molecule has 1 aliphatic carbocycles. The molecule has 2 aliphatic rings. The molecule has 0 spiro atoms. The van der Waals surface area contributed by atoms with Gasteiger partial charge in [0.25, 0.3) is 0 Å². The van der Waals surface area contributed by atoms with Crippen LogP contribution in [0.15, 0.2) is 42.5 Å². The molecular formula is C29H35ClFN3O2. The van der Waals surface area contributed by atoms with Crippen molar-refractivity contribution < 1.29 is 13.9 Å². The summed E-state index contributed by atoms with van der Waals surface area (Å²) in [7, 11) is 0. The number of nitrogens with zero attached hydrogens (tertiary/aromatic N) is 2. The summed E-state index contributed by atoms with van der Waals surface area (Å²) in [6.45, 7) is 6.30. The van der Waals surface area contributed by atoms with Gasteiger partial charge >= 0.3 is 0 Å². The smallest absolute Gasteiger partial charge is 0.217 e. The van der Waals surface area contributed by atoms with Crippen molar-refractivity contribution in [3.05, 3.63) is 53.3 Å². The second-order valence-electron chi connectivity index (χ2n) is 10.4. The minimum absolute atomic E-state index is 0.0694. The lowest BCUT2D eigenvalue weighted by Crippen LogP contribution is -2.43. The van der Waals surface area contributed by atoms with Gasteiger partial charge in [-0.25, -0.2) is 4.39 Å². The van der Waals surface area contributed by atoms with Crippen molar-refractivity contribution in [3.63, 3.8) is 0 Å². The molecule has 1 unspecified atom stereocenters. The fourth-order valence-electron chi connectivity index (χ4n) is 5.90. The van der Waals surface area contributed by atoms with Crippen LogP contribution in [0, 0.1) is 5.82 Å². The van der Waals surface area contributed by atoms with E-state index in [9.17, 15) is 9.18 Å². The van der Waals surface area contributed by atoms with E-state index in [1.807, 2.05) is 13.0 Å². The monoisotopic (exact) mass is 511 g/mol. The number of nitrogens with one attached hydrogen (secondary N) is 1. The molecule has 36 heavy (non-hydrogen) atoms. The number of benzene rings is 2. The van der Waals surface area contributed by atoms with Gasteiger partial charge in [0.05, 0.1) is 5.02 Å². The van der Waals surface area contributed by atoms with Crippen LogP contribution in [-0.2, 0) is 11.3 Å². The maximum Gasteiger partial charge on any atom is 0.217 e. The number of aromatic nitrogens is 1. The first-order valence-electron chi connectivity index (χ1n) is 13.1. The van der Waals surface area contributed by atoms with Crippen LogP contribution in [0.4, 0.5) is 4.39 Å². The average molecular weight is 512 g/mol. The largest absolute Gasteiger partial charge is 0.490 e. The molecule has 2 fully saturated rings. The van der Waals surface area contributed by atoms with Crippen molar-refractivity contribution >= 4 is 28.4 Å². The quantitative estimate of drug-likeness (QED) is 0.398. The molecule has 3 aromatic rings. The van der Waals surface area contributed by atoms with Crippen molar-refractivity contribution in [2.75, 3.05) is 13.1 Å². The van der Waals surface area contributed by atoms with Crippen LogP contribution in [0.5, 0.6) is 5.75 Å². The van der Waals surface area contributed by atoms with Crippen LogP contribution in [0.25, 0.3) is 22.2 Å². The Balaban J connectivity index is 1.38. The standard InChI is InChI=1S/C29H35ClFN3O2/c1-19(32-20(2)35)18-34-28-10-8-25(36-24-11-13-33(14-12-24)23-5-3-4-6-23)15-22(28)17-29(34)21-7-9-27(31)26(30)16-21/h7-10,15-17,19,23-24H,3-6,11-14,18H2,1-2H3,(H,32,35). The second-order valence-corrected chi connectivity index (χ2v) is 10.8. The summed E-state index contributed by atoms with van der Waals surface area (Å²) in [4.78, 5) is 14.3. The number of hydrogen-bond acceptors (Lipinski definition) is 3. The lowest BCUT2D eigenvalue weighted by Gasteiger charge is -2.36. The van der Waals surface area contributed by atoms with Crippen LogP contribution >= 0.6 is 11.6 Å². The number of amides is 1. The maximum atomic E-state index is 13.9. The summed E-state index contributed by atoms with van der Waals surface area (Å²) in [5, 5.41) is 4.09. The Kier molecular flexibility index (Phi) is 7.54. The molecule has 1 aromatic heterocycles.